The lowest BCUT2D eigenvalue weighted by atomic mass is 9.89. The predicted octanol–water partition coefficient (Wildman–Crippen LogP) is 2.17. The standard InChI is InChI=1S/C21H22N2O5/c1-21(13-14-5-2-3-6-16(14)19(25)28-21)20(26)22-15-8-10-23(11-9-15)18(24)17-7-4-12-27-17/h2-7,12,15H,8-11,13H2,1H3,(H,22,26). The lowest BCUT2D eigenvalue weighted by Crippen LogP contribution is -2.56. The predicted molar refractivity (Wildman–Crippen MR) is 99.7 cm³/mol. The molecule has 1 fully saturated rings. The van der Waals surface area contributed by atoms with Crippen LogP contribution in [-0.4, -0.2) is 47.4 Å². The fourth-order valence-electron chi connectivity index (χ4n) is 3.78. The van der Waals surface area contributed by atoms with Crippen molar-refractivity contribution in [3.05, 3.63) is 59.5 Å². The van der Waals surface area contributed by atoms with Crippen LogP contribution in [0.25, 0.3) is 0 Å². The molecule has 146 valence electrons. The molecular weight excluding hydrogens is 360 g/mol. The van der Waals surface area contributed by atoms with Crippen molar-refractivity contribution in [3.8, 4) is 0 Å². The maximum absolute atomic E-state index is 12.9. The monoisotopic (exact) mass is 382 g/mol. The molecule has 28 heavy (non-hydrogen) atoms. The fourth-order valence-corrected chi connectivity index (χ4v) is 3.78. The number of furan rings is 1. The average molecular weight is 382 g/mol. The van der Waals surface area contributed by atoms with Gasteiger partial charge in [0.05, 0.1) is 11.8 Å². The topological polar surface area (TPSA) is 88.9 Å². The Morgan fingerprint density at radius 3 is 2.61 bits per heavy atom. The van der Waals surface area contributed by atoms with Gasteiger partial charge in [-0.15, -0.1) is 0 Å². The molecule has 2 aromatic rings. The van der Waals surface area contributed by atoms with E-state index in [1.165, 1.54) is 6.26 Å². The Hall–Kier alpha value is -3.09. The molecule has 0 radical (unpaired) electrons. The Morgan fingerprint density at radius 2 is 1.89 bits per heavy atom. The molecule has 1 N–H and O–H groups in total. The molecule has 1 aromatic heterocycles. The minimum atomic E-state index is -1.23. The number of nitrogens with one attached hydrogen (secondary N) is 1. The molecule has 3 heterocycles. The van der Waals surface area contributed by atoms with Gasteiger partial charge in [0.2, 0.25) is 0 Å². The van der Waals surface area contributed by atoms with E-state index in [1.54, 1.807) is 36.1 Å². The van der Waals surface area contributed by atoms with Crippen molar-refractivity contribution < 1.29 is 23.5 Å². The number of carbonyl (C=O) groups is 3. The Kier molecular flexibility index (Phi) is 4.66. The van der Waals surface area contributed by atoms with Crippen molar-refractivity contribution in [1.29, 1.82) is 0 Å². The van der Waals surface area contributed by atoms with Crippen LogP contribution in [0.15, 0.2) is 47.1 Å². The third-order valence-electron chi connectivity index (χ3n) is 5.41. The summed E-state index contributed by atoms with van der Waals surface area (Å²) in [5, 5.41) is 3.00. The second-order valence-corrected chi connectivity index (χ2v) is 7.47. The van der Waals surface area contributed by atoms with Crippen LogP contribution in [-0.2, 0) is 16.0 Å². The third-order valence-corrected chi connectivity index (χ3v) is 5.41. The Labute approximate surface area is 162 Å². The molecule has 7 nitrogen and oxygen atoms in total. The molecule has 1 atom stereocenters. The number of esters is 1. The Bertz CT molecular complexity index is 899. The first-order valence-electron chi connectivity index (χ1n) is 9.41. The molecule has 0 saturated carbocycles. The Balaban J connectivity index is 1.36. The summed E-state index contributed by atoms with van der Waals surface area (Å²) in [7, 11) is 0. The van der Waals surface area contributed by atoms with E-state index in [1.807, 2.05) is 12.1 Å². The molecule has 1 aromatic carbocycles. The van der Waals surface area contributed by atoms with Crippen molar-refractivity contribution in [2.75, 3.05) is 13.1 Å². The highest BCUT2D eigenvalue weighted by Gasteiger charge is 2.43. The first-order valence-corrected chi connectivity index (χ1v) is 9.41. The van der Waals surface area contributed by atoms with Crippen LogP contribution < -0.4 is 5.32 Å². The number of likely N-dealkylation sites (tertiary alicyclic amines) is 1. The number of hydrogen-bond acceptors (Lipinski definition) is 5. The van der Waals surface area contributed by atoms with E-state index in [9.17, 15) is 14.4 Å². The molecule has 0 bridgehead atoms. The lowest BCUT2D eigenvalue weighted by molar-refractivity contribution is -0.140. The Morgan fingerprint density at radius 1 is 1.14 bits per heavy atom. The van der Waals surface area contributed by atoms with Crippen molar-refractivity contribution in [2.45, 2.75) is 37.8 Å². The SMILES string of the molecule is CC1(C(=O)NC2CCN(C(=O)c3ccco3)CC2)Cc2ccccc2C(=O)O1. The molecule has 7 heteroatoms. The summed E-state index contributed by atoms with van der Waals surface area (Å²) < 4.78 is 10.6. The number of rotatable bonds is 3. The highest BCUT2D eigenvalue weighted by atomic mass is 16.6. The number of piperidine rings is 1. The summed E-state index contributed by atoms with van der Waals surface area (Å²) >= 11 is 0. The molecule has 4 rings (SSSR count). The smallest absolute Gasteiger partial charge is 0.339 e. The molecule has 2 aliphatic rings. The number of hydrogen-bond donors (Lipinski definition) is 1. The molecular formula is C21H22N2O5. The number of amides is 2. The molecule has 1 unspecified atom stereocenters. The van der Waals surface area contributed by atoms with Crippen LogP contribution in [0.4, 0.5) is 0 Å². The summed E-state index contributed by atoms with van der Waals surface area (Å²) in [6.07, 6.45) is 3.10. The van der Waals surface area contributed by atoms with Gasteiger partial charge in [-0.2, -0.15) is 0 Å². The number of cyclic esters (lactones) is 1. The second-order valence-electron chi connectivity index (χ2n) is 7.47. The van der Waals surface area contributed by atoms with Crippen molar-refractivity contribution in [2.24, 2.45) is 0 Å². The van der Waals surface area contributed by atoms with Crippen LogP contribution >= 0.6 is 0 Å². The summed E-state index contributed by atoms with van der Waals surface area (Å²) in [5.74, 6) is -0.591. The molecule has 1 saturated heterocycles. The van der Waals surface area contributed by atoms with E-state index in [2.05, 4.69) is 5.32 Å². The molecule has 2 aliphatic heterocycles. The number of carbonyl (C=O) groups excluding carboxylic acids is 3. The minimum absolute atomic E-state index is 0.0687. The maximum atomic E-state index is 12.9. The van der Waals surface area contributed by atoms with E-state index >= 15 is 0 Å². The van der Waals surface area contributed by atoms with Gasteiger partial charge in [0.1, 0.15) is 0 Å². The summed E-state index contributed by atoms with van der Waals surface area (Å²) in [6.45, 7) is 2.71. The van der Waals surface area contributed by atoms with Gasteiger partial charge in [-0.3, -0.25) is 9.59 Å². The van der Waals surface area contributed by atoms with Crippen molar-refractivity contribution in [1.82, 2.24) is 10.2 Å². The summed E-state index contributed by atoms with van der Waals surface area (Å²) in [6, 6.07) is 10.4. The summed E-state index contributed by atoms with van der Waals surface area (Å²) in [4.78, 5) is 39.2. The van der Waals surface area contributed by atoms with Crippen molar-refractivity contribution >= 4 is 17.8 Å². The van der Waals surface area contributed by atoms with E-state index in [0.29, 0.717) is 43.7 Å². The van der Waals surface area contributed by atoms with Gasteiger partial charge in [0.25, 0.3) is 11.8 Å². The first kappa shape index (κ1) is 18.3. The fraction of sp³-hybridized carbons (Fsp3) is 0.381. The zero-order valence-electron chi connectivity index (χ0n) is 15.6. The third kappa shape index (κ3) is 3.40. The van der Waals surface area contributed by atoms with Gasteiger partial charge in [-0.25, -0.2) is 4.79 Å². The second kappa shape index (κ2) is 7.14. The van der Waals surface area contributed by atoms with Crippen LogP contribution in [0.2, 0.25) is 0 Å². The van der Waals surface area contributed by atoms with E-state index in [4.69, 9.17) is 9.15 Å². The van der Waals surface area contributed by atoms with Crippen LogP contribution in [0.1, 0.15) is 46.2 Å². The highest BCUT2D eigenvalue weighted by molar-refractivity contribution is 5.97. The van der Waals surface area contributed by atoms with Crippen LogP contribution in [0.5, 0.6) is 0 Å². The highest BCUT2D eigenvalue weighted by Crippen LogP contribution is 2.28. The van der Waals surface area contributed by atoms with Gasteiger partial charge in [0, 0.05) is 25.6 Å². The minimum Gasteiger partial charge on any atom is -0.459 e. The average Bonchev–Trinajstić information content (AvgIpc) is 3.23. The van der Waals surface area contributed by atoms with Crippen LogP contribution in [0, 0.1) is 0 Å². The number of ether oxygens (including phenoxy) is 1. The van der Waals surface area contributed by atoms with Crippen LogP contribution in [0.3, 0.4) is 0 Å². The van der Waals surface area contributed by atoms with Gasteiger partial charge in [-0.05, 0) is 43.5 Å². The zero-order valence-corrected chi connectivity index (χ0v) is 15.6. The number of nitrogens with zero attached hydrogens (tertiary/aromatic N) is 1. The molecule has 0 aliphatic carbocycles. The number of fused-ring (bicyclic) bond motifs is 1. The number of benzene rings is 1. The zero-order chi connectivity index (χ0) is 19.7. The largest absolute Gasteiger partial charge is 0.459 e. The maximum Gasteiger partial charge on any atom is 0.339 e. The van der Waals surface area contributed by atoms with Gasteiger partial charge < -0.3 is 19.4 Å². The summed E-state index contributed by atoms with van der Waals surface area (Å²) in [5.41, 5.74) is 0.0970. The van der Waals surface area contributed by atoms with Gasteiger partial charge >= 0.3 is 5.97 Å². The quantitative estimate of drug-likeness (QED) is 0.822. The molecule has 0 spiro atoms. The van der Waals surface area contributed by atoms with E-state index in [-0.39, 0.29) is 17.9 Å². The van der Waals surface area contributed by atoms with E-state index in [0.717, 1.165) is 5.56 Å². The normalized spacial score (nSPS) is 22.3. The van der Waals surface area contributed by atoms with Gasteiger partial charge in [-0.1, -0.05) is 18.2 Å². The first-order chi connectivity index (χ1) is 13.5. The molecule has 2 amide bonds. The van der Waals surface area contributed by atoms with E-state index < -0.39 is 11.6 Å². The van der Waals surface area contributed by atoms with Gasteiger partial charge in [0.15, 0.2) is 11.4 Å². The lowest BCUT2D eigenvalue weighted by Gasteiger charge is -2.36. The van der Waals surface area contributed by atoms with Crippen molar-refractivity contribution in [3.63, 3.8) is 0 Å².